The molecule has 0 spiro atoms. The molecule has 104 valence electrons. The molecule has 0 aliphatic carbocycles. The van der Waals surface area contributed by atoms with E-state index >= 15 is 0 Å². The van der Waals surface area contributed by atoms with Crippen LogP contribution >= 0.6 is 0 Å². The van der Waals surface area contributed by atoms with E-state index in [1.54, 1.807) is 24.5 Å². The molecule has 2 heterocycles. The van der Waals surface area contributed by atoms with Gasteiger partial charge in [-0.2, -0.15) is 0 Å². The topological polar surface area (TPSA) is 79.8 Å². The molecule has 0 aromatic carbocycles. The second-order valence-corrected chi connectivity index (χ2v) is 4.39. The predicted molar refractivity (Wildman–Crippen MR) is 77.7 cm³/mol. The number of pyridine rings is 1. The molecule has 6 heteroatoms. The molecule has 6 nitrogen and oxygen atoms in total. The zero-order valence-corrected chi connectivity index (χ0v) is 11.6. The molecular formula is C14H17N5O. The van der Waals surface area contributed by atoms with Crippen molar-refractivity contribution in [1.29, 1.82) is 0 Å². The van der Waals surface area contributed by atoms with E-state index < -0.39 is 0 Å². The van der Waals surface area contributed by atoms with Crippen molar-refractivity contribution in [3.63, 3.8) is 0 Å². The molecule has 0 unspecified atom stereocenters. The Morgan fingerprint density at radius 2 is 2.00 bits per heavy atom. The number of anilines is 2. The van der Waals surface area contributed by atoms with E-state index in [2.05, 4.69) is 32.5 Å². The van der Waals surface area contributed by atoms with Crippen LogP contribution in [-0.4, -0.2) is 27.4 Å². The Kier molecular flexibility index (Phi) is 4.60. The highest BCUT2D eigenvalue weighted by Gasteiger charge is 2.09. The minimum absolute atomic E-state index is 0.204. The molecule has 1 amide bonds. The van der Waals surface area contributed by atoms with Crippen molar-refractivity contribution < 1.29 is 4.79 Å². The zero-order valence-electron chi connectivity index (χ0n) is 11.6. The van der Waals surface area contributed by atoms with Gasteiger partial charge < -0.3 is 10.6 Å². The summed E-state index contributed by atoms with van der Waals surface area (Å²) in [6.07, 6.45) is 5.52. The monoisotopic (exact) mass is 271 g/mol. The molecule has 0 saturated heterocycles. The number of hydrogen-bond donors (Lipinski definition) is 2. The highest BCUT2D eigenvalue weighted by Crippen LogP contribution is 2.12. The van der Waals surface area contributed by atoms with Gasteiger partial charge in [-0.25, -0.2) is 15.0 Å². The Labute approximate surface area is 117 Å². The normalized spacial score (nSPS) is 10.1. The fourth-order valence-electron chi connectivity index (χ4n) is 1.71. The molecule has 0 saturated carbocycles. The highest BCUT2D eigenvalue weighted by atomic mass is 16.1. The summed E-state index contributed by atoms with van der Waals surface area (Å²) in [5, 5.41) is 5.93. The number of nitrogens with zero attached hydrogens (tertiary/aromatic N) is 3. The summed E-state index contributed by atoms with van der Waals surface area (Å²) in [4.78, 5) is 24.2. The van der Waals surface area contributed by atoms with E-state index in [4.69, 9.17) is 0 Å². The fourth-order valence-corrected chi connectivity index (χ4v) is 1.71. The average molecular weight is 271 g/mol. The molecule has 0 fully saturated rings. The van der Waals surface area contributed by atoms with Crippen molar-refractivity contribution in [2.75, 3.05) is 17.2 Å². The van der Waals surface area contributed by atoms with Crippen molar-refractivity contribution in [2.24, 2.45) is 0 Å². The summed E-state index contributed by atoms with van der Waals surface area (Å²) in [6, 6.07) is 3.48. The Hall–Kier alpha value is -2.50. The van der Waals surface area contributed by atoms with Crippen molar-refractivity contribution in [3.8, 4) is 0 Å². The van der Waals surface area contributed by atoms with Crippen LogP contribution in [0.2, 0.25) is 0 Å². The van der Waals surface area contributed by atoms with Gasteiger partial charge in [-0.1, -0.05) is 6.92 Å². The molecule has 0 aliphatic rings. The lowest BCUT2D eigenvalue weighted by molar-refractivity contribution is 0.102. The fraction of sp³-hybridized carbons (Fsp3) is 0.286. The Bertz CT molecular complexity index is 585. The van der Waals surface area contributed by atoms with Gasteiger partial charge in [0.25, 0.3) is 5.91 Å². The molecule has 0 radical (unpaired) electrons. The van der Waals surface area contributed by atoms with E-state index in [-0.39, 0.29) is 5.91 Å². The lowest BCUT2D eigenvalue weighted by Crippen LogP contribution is -2.14. The van der Waals surface area contributed by atoms with E-state index in [0.29, 0.717) is 17.1 Å². The largest absolute Gasteiger partial charge is 0.370 e. The summed E-state index contributed by atoms with van der Waals surface area (Å²) in [6.45, 7) is 4.76. The number of carbonyl (C=O) groups is 1. The lowest BCUT2D eigenvalue weighted by atomic mass is 10.2. The van der Waals surface area contributed by atoms with Crippen LogP contribution in [-0.2, 0) is 0 Å². The second-order valence-electron chi connectivity index (χ2n) is 4.39. The molecule has 20 heavy (non-hydrogen) atoms. The van der Waals surface area contributed by atoms with Gasteiger partial charge in [-0.3, -0.25) is 4.79 Å². The SMILES string of the molecule is CCCNc1cc(C(=O)Nc2cncnc2)cc(C)n1. The first-order valence-electron chi connectivity index (χ1n) is 6.48. The van der Waals surface area contributed by atoms with Crippen molar-refractivity contribution >= 4 is 17.4 Å². The maximum atomic E-state index is 12.2. The standard InChI is InChI=1S/C14H17N5O/c1-3-4-17-13-6-11(5-10(2)18-13)14(20)19-12-7-15-9-16-8-12/h5-9H,3-4H2,1-2H3,(H,17,18)(H,19,20). The molecule has 2 aromatic rings. The third kappa shape index (κ3) is 3.74. The quantitative estimate of drug-likeness (QED) is 0.872. The Morgan fingerprint density at radius 3 is 2.70 bits per heavy atom. The molecule has 2 rings (SSSR count). The molecule has 2 aromatic heterocycles. The van der Waals surface area contributed by atoms with Crippen LogP contribution in [0.25, 0.3) is 0 Å². The average Bonchev–Trinajstić information content (AvgIpc) is 2.45. The molecule has 0 aliphatic heterocycles. The summed E-state index contributed by atoms with van der Waals surface area (Å²) in [7, 11) is 0. The maximum absolute atomic E-state index is 12.2. The number of rotatable bonds is 5. The van der Waals surface area contributed by atoms with Crippen LogP contribution in [0.4, 0.5) is 11.5 Å². The first-order valence-corrected chi connectivity index (χ1v) is 6.48. The number of aryl methyl sites for hydroxylation is 1. The summed E-state index contributed by atoms with van der Waals surface area (Å²) in [5.74, 6) is 0.506. The van der Waals surface area contributed by atoms with Gasteiger partial charge >= 0.3 is 0 Å². The summed E-state index contributed by atoms with van der Waals surface area (Å²) in [5.41, 5.74) is 1.91. The zero-order chi connectivity index (χ0) is 14.4. The third-order valence-electron chi connectivity index (χ3n) is 2.59. The van der Waals surface area contributed by atoms with Crippen molar-refractivity contribution in [1.82, 2.24) is 15.0 Å². The summed E-state index contributed by atoms with van der Waals surface area (Å²) >= 11 is 0. The van der Waals surface area contributed by atoms with Gasteiger partial charge in [0.05, 0.1) is 18.1 Å². The highest BCUT2D eigenvalue weighted by molar-refractivity contribution is 6.04. The van der Waals surface area contributed by atoms with Crippen LogP contribution in [0.5, 0.6) is 0 Å². The third-order valence-corrected chi connectivity index (χ3v) is 2.59. The molecule has 0 atom stereocenters. The number of carbonyl (C=O) groups excluding carboxylic acids is 1. The van der Waals surface area contributed by atoms with Gasteiger partial charge in [0.1, 0.15) is 12.1 Å². The second kappa shape index (κ2) is 6.60. The van der Waals surface area contributed by atoms with Crippen LogP contribution in [0, 0.1) is 6.92 Å². The first-order chi connectivity index (χ1) is 9.69. The van der Waals surface area contributed by atoms with Gasteiger partial charge in [0.2, 0.25) is 0 Å². The van der Waals surface area contributed by atoms with Crippen LogP contribution in [0.1, 0.15) is 29.4 Å². The minimum atomic E-state index is -0.204. The van der Waals surface area contributed by atoms with Gasteiger partial charge in [0, 0.05) is 17.8 Å². The number of nitrogens with one attached hydrogen (secondary N) is 2. The van der Waals surface area contributed by atoms with Crippen LogP contribution < -0.4 is 10.6 Å². The summed E-state index contributed by atoms with van der Waals surface area (Å²) < 4.78 is 0. The van der Waals surface area contributed by atoms with E-state index in [9.17, 15) is 4.79 Å². The van der Waals surface area contributed by atoms with Gasteiger partial charge in [-0.05, 0) is 25.5 Å². The number of hydrogen-bond acceptors (Lipinski definition) is 5. The van der Waals surface area contributed by atoms with Crippen molar-refractivity contribution in [3.05, 3.63) is 42.1 Å². The van der Waals surface area contributed by atoms with Gasteiger partial charge in [0.15, 0.2) is 0 Å². The van der Waals surface area contributed by atoms with Crippen LogP contribution in [0.15, 0.2) is 30.9 Å². The van der Waals surface area contributed by atoms with E-state index in [1.807, 2.05) is 6.92 Å². The Morgan fingerprint density at radius 1 is 1.25 bits per heavy atom. The predicted octanol–water partition coefficient (Wildman–Crippen LogP) is 2.25. The molecule has 2 N–H and O–H groups in total. The van der Waals surface area contributed by atoms with Gasteiger partial charge in [-0.15, -0.1) is 0 Å². The number of aromatic nitrogens is 3. The number of amides is 1. The molecule has 0 bridgehead atoms. The molecular weight excluding hydrogens is 254 g/mol. The smallest absolute Gasteiger partial charge is 0.255 e. The minimum Gasteiger partial charge on any atom is -0.370 e. The lowest BCUT2D eigenvalue weighted by Gasteiger charge is -2.09. The maximum Gasteiger partial charge on any atom is 0.255 e. The Balaban J connectivity index is 2.15. The van der Waals surface area contributed by atoms with Crippen molar-refractivity contribution in [2.45, 2.75) is 20.3 Å². The van der Waals surface area contributed by atoms with E-state index in [0.717, 1.165) is 18.7 Å². The first kappa shape index (κ1) is 13.9. The van der Waals surface area contributed by atoms with E-state index in [1.165, 1.54) is 6.33 Å². The van der Waals surface area contributed by atoms with Crippen LogP contribution in [0.3, 0.4) is 0 Å².